The second-order valence-corrected chi connectivity index (χ2v) is 8.15. The van der Waals surface area contributed by atoms with Gasteiger partial charge in [0, 0.05) is 19.6 Å². The number of carbonyl (C=O) groups is 1. The number of likely N-dealkylation sites (tertiary alicyclic amines) is 1. The van der Waals surface area contributed by atoms with E-state index in [0.29, 0.717) is 11.5 Å². The number of benzene rings is 2. The molecule has 2 fully saturated rings. The van der Waals surface area contributed by atoms with Gasteiger partial charge in [0.25, 0.3) is 0 Å². The summed E-state index contributed by atoms with van der Waals surface area (Å²) in [4.78, 5) is 18.6. The van der Waals surface area contributed by atoms with Crippen molar-refractivity contribution in [2.24, 2.45) is 11.8 Å². The SMILES string of the molecule is CCn1c(CN2C[C@@H]3C[C@@H](c4ccccc4)[C@@H]3C2)nc2cc(C(=O)O)ccc21. The number of hydrogen-bond donors (Lipinski definition) is 1. The van der Waals surface area contributed by atoms with Crippen molar-refractivity contribution in [2.75, 3.05) is 13.1 Å². The van der Waals surface area contributed by atoms with Gasteiger partial charge in [-0.25, -0.2) is 9.78 Å². The highest BCUT2D eigenvalue weighted by atomic mass is 16.4. The van der Waals surface area contributed by atoms with Crippen molar-refractivity contribution >= 4 is 17.0 Å². The molecule has 3 atom stereocenters. The molecule has 28 heavy (non-hydrogen) atoms. The Bertz CT molecular complexity index is 1030. The zero-order chi connectivity index (χ0) is 19.3. The normalized spacial score (nSPS) is 24.2. The number of carboxylic acid groups (broad SMARTS) is 1. The Morgan fingerprint density at radius 2 is 2.00 bits per heavy atom. The van der Waals surface area contributed by atoms with Crippen molar-refractivity contribution in [1.29, 1.82) is 0 Å². The summed E-state index contributed by atoms with van der Waals surface area (Å²) in [5.74, 6) is 2.37. The van der Waals surface area contributed by atoms with Crippen LogP contribution in [0.5, 0.6) is 0 Å². The molecular formula is C23H25N3O2. The molecule has 144 valence electrons. The predicted molar refractivity (Wildman–Crippen MR) is 108 cm³/mol. The molecule has 0 bridgehead atoms. The van der Waals surface area contributed by atoms with Gasteiger partial charge >= 0.3 is 5.97 Å². The standard InChI is InChI=1S/C23H25N3O2/c1-2-26-21-9-8-16(23(27)28)11-20(21)24-22(26)14-25-12-17-10-18(19(17)13-25)15-6-4-3-5-7-15/h3-9,11,17-19H,2,10,12-14H2,1H3,(H,27,28)/t17-,18-,19+/m0/s1. The van der Waals surface area contributed by atoms with Crippen LogP contribution in [0.15, 0.2) is 48.5 Å². The largest absolute Gasteiger partial charge is 0.478 e. The smallest absolute Gasteiger partial charge is 0.335 e. The summed E-state index contributed by atoms with van der Waals surface area (Å²) in [6.45, 7) is 6.05. The minimum absolute atomic E-state index is 0.296. The fourth-order valence-electron chi connectivity index (χ4n) is 5.20. The van der Waals surface area contributed by atoms with Gasteiger partial charge in [-0.15, -0.1) is 0 Å². The van der Waals surface area contributed by atoms with E-state index in [2.05, 4.69) is 46.7 Å². The van der Waals surface area contributed by atoms with Crippen LogP contribution in [-0.2, 0) is 13.1 Å². The van der Waals surface area contributed by atoms with Crippen LogP contribution >= 0.6 is 0 Å². The lowest BCUT2D eigenvalue weighted by molar-refractivity contribution is 0.0697. The van der Waals surface area contributed by atoms with E-state index in [1.807, 2.05) is 6.07 Å². The van der Waals surface area contributed by atoms with Gasteiger partial charge in [0.15, 0.2) is 0 Å². The molecule has 5 heteroatoms. The molecule has 2 heterocycles. The highest BCUT2D eigenvalue weighted by molar-refractivity contribution is 5.92. The number of nitrogens with zero attached hydrogens (tertiary/aromatic N) is 3. The molecule has 3 aromatic rings. The lowest BCUT2D eigenvalue weighted by Gasteiger charge is -2.40. The molecule has 1 N–H and O–H groups in total. The number of aromatic carboxylic acids is 1. The van der Waals surface area contributed by atoms with Gasteiger partial charge in [-0.3, -0.25) is 4.90 Å². The third-order valence-electron chi connectivity index (χ3n) is 6.62. The van der Waals surface area contributed by atoms with Crippen LogP contribution in [0.3, 0.4) is 0 Å². The molecule has 0 radical (unpaired) electrons. The van der Waals surface area contributed by atoms with Crippen LogP contribution in [0.4, 0.5) is 0 Å². The van der Waals surface area contributed by atoms with Crippen LogP contribution in [0, 0.1) is 11.8 Å². The molecule has 5 rings (SSSR count). The Hall–Kier alpha value is -2.66. The Labute approximate surface area is 164 Å². The van der Waals surface area contributed by atoms with E-state index in [1.54, 1.807) is 12.1 Å². The lowest BCUT2D eigenvalue weighted by atomic mass is 9.64. The Balaban J connectivity index is 1.35. The number of aryl methyl sites for hydroxylation is 1. The van der Waals surface area contributed by atoms with E-state index in [4.69, 9.17) is 4.98 Å². The number of carboxylic acids is 1. The third-order valence-corrected chi connectivity index (χ3v) is 6.62. The van der Waals surface area contributed by atoms with Crippen LogP contribution in [0.1, 0.15) is 41.0 Å². The molecule has 5 nitrogen and oxygen atoms in total. The summed E-state index contributed by atoms with van der Waals surface area (Å²) in [7, 11) is 0. The molecule has 2 aromatic carbocycles. The predicted octanol–water partition coefficient (Wildman–Crippen LogP) is 3.99. The summed E-state index contributed by atoms with van der Waals surface area (Å²) >= 11 is 0. The zero-order valence-electron chi connectivity index (χ0n) is 16.1. The van der Waals surface area contributed by atoms with E-state index in [1.165, 1.54) is 12.0 Å². The lowest BCUT2D eigenvalue weighted by Crippen LogP contribution is -2.33. The summed E-state index contributed by atoms with van der Waals surface area (Å²) in [6, 6.07) is 16.1. The van der Waals surface area contributed by atoms with Gasteiger partial charge in [0.05, 0.1) is 23.1 Å². The Morgan fingerprint density at radius 1 is 1.18 bits per heavy atom. The molecule has 0 unspecified atom stereocenters. The fourth-order valence-corrected chi connectivity index (χ4v) is 5.20. The van der Waals surface area contributed by atoms with E-state index in [0.717, 1.165) is 54.9 Å². The highest BCUT2D eigenvalue weighted by Gasteiger charge is 2.47. The van der Waals surface area contributed by atoms with E-state index in [9.17, 15) is 9.90 Å². The topological polar surface area (TPSA) is 58.4 Å². The van der Waals surface area contributed by atoms with Gasteiger partial charge in [-0.05, 0) is 54.9 Å². The Kier molecular flexibility index (Phi) is 4.20. The Morgan fingerprint density at radius 3 is 2.75 bits per heavy atom. The van der Waals surface area contributed by atoms with Gasteiger partial charge in [0.2, 0.25) is 0 Å². The first kappa shape index (κ1) is 17.4. The molecule has 1 saturated heterocycles. The summed E-state index contributed by atoms with van der Waals surface area (Å²) in [5, 5.41) is 9.25. The fraction of sp³-hybridized carbons (Fsp3) is 0.391. The first-order valence-electron chi connectivity index (χ1n) is 10.1. The molecule has 1 aliphatic heterocycles. The number of rotatable bonds is 5. The summed E-state index contributed by atoms with van der Waals surface area (Å²) in [6.07, 6.45) is 1.29. The van der Waals surface area contributed by atoms with Crippen molar-refractivity contribution in [3.8, 4) is 0 Å². The minimum atomic E-state index is -0.905. The van der Waals surface area contributed by atoms with E-state index >= 15 is 0 Å². The average Bonchev–Trinajstić information content (AvgIpc) is 3.20. The third kappa shape index (κ3) is 2.81. The number of fused-ring (bicyclic) bond motifs is 2. The zero-order valence-corrected chi connectivity index (χ0v) is 16.1. The maximum atomic E-state index is 11.3. The maximum absolute atomic E-state index is 11.3. The van der Waals surface area contributed by atoms with Crippen LogP contribution in [0.2, 0.25) is 0 Å². The number of hydrogen-bond acceptors (Lipinski definition) is 3. The van der Waals surface area contributed by atoms with Crippen molar-refractivity contribution in [3.05, 3.63) is 65.5 Å². The number of aromatic nitrogens is 2. The van der Waals surface area contributed by atoms with Crippen LogP contribution < -0.4 is 0 Å². The van der Waals surface area contributed by atoms with Gasteiger partial charge in [0.1, 0.15) is 5.82 Å². The van der Waals surface area contributed by atoms with Crippen molar-refractivity contribution in [3.63, 3.8) is 0 Å². The first-order chi connectivity index (χ1) is 13.6. The molecule has 1 saturated carbocycles. The minimum Gasteiger partial charge on any atom is -0.478 e. The highest BCUT2D eigenvalue weighted by Crippen LogP contribution is 2.51. The molecule has 1 aromatic heterocycles. The van der Waals surface area contributed by atoms with Crippen molar-refractivity contribution in [2.45, 2.75) is 32.4 Å². The maximum Gasteiger partial charge on any atom is 0.335 e. The second kappa shape index (κ2) is 6.74. The monoisotopic (exact) mass is 375 g/mol. The summed E-state index contributed by atoms with van der Waals surface area (Å²) in [5.41, 5.74) is 3.57. The molecule has 0 spiro atoms. The van der Waals surface area contributed by atoms with Gasteiger partial charge in [-0.1, -0.05) is 30.3 Å². The molecule has 2 aliphatic rings. The first-order valence-corrected chi connectivity index (χ1v) is 10.1. The van der Waals surface area contributed by atoms with Crippen molar-refractivity contribution in [1.82, 2.24) is 14.5 Å². The average molecular weight is 375 g/mol. The second-order valence-electron chi connectivity index (χ2n) is 8.15. The molecule has 0 amide bonds. The van der Waals surface area contributed by atoms with Crippen LogP contribution in [-0.4, -0.2) is 38.6 Å². The quantitative estimate of drug-likeness (QED) is 0.733. The van der Waals surface area contributed by atoms with Gasteiger partial charge in [-0.2, -0.15) is 0 Å². The van der Waals surface area contributed by atoms with Crippen LogP contribution in [0.25, 0.3) is 11.0 Å². The van der Waals surface area contributed by atoms with E-state index in [-0.39, 0.29) is 0 Å². The molecular weight excluding hydrogens is 350 g/mol. The summed E-state index contributed by atoms with van der Waals surface area (Å²) < 4.78 is 2.22. The number of imidazole rings is 1. The molecule has 1 aliphatic carbocycles. The van der Waals surface area contributed by atoms with Crippen molar-refractivity contribution < 1.29 is 9.90 Å². The van der Waals surface area contributed by atoms with E-state index < -0.39 is 5.97 Å². The van der Waals surface area contributed by atoms with Gasteiger partial charge < -0.3 is 9.67 Å².